The minimum Gasteiger partial charge on any atom is -0.383 e. The largest absolute Gasteiger partial charge is 0.383 e. The Bertz CT molecular complexity index is 717. The molecule has 1 aliphatic carbocycles. The fraction of sp³-hybridized carbons (Fsp3) is 0.455. The molecule has 1 saturated carbocycles. The summed E-state index contributed by atoms with van der Waals surface area (Å²) in [6.45, 7) is 2.23. The van der Waals surface area contributed by atoms with Gasteiger partial charge in [0.25, 0.3) is 0 Å². The molecule has 0 amide bonds. The second-order valence-corrected chi connectivity index (χ2v) is 8.31. The summed E-state index contributed by atoms with van der Waals surface area (Å²) in [7, 11) is 4.13. The van der Waals surface area contributed by atoms with Crippen LogP contribution in [0.2, 0.25) is 5.02 Å². The minimum atomic E-state index is -0.949. The predicted octanol–water partition coefficient (Wildman–Crippen LogP) is 4.89. The van der Waals surface area contributed by atoms with Crippen LogP contribution in [-0.4, -0.2) is 30.1 Å². The molecule has 0 bridgehead atoms. The zero-order valence-corrected chi connectivity index (χ0v) is 16.1. The molecule has 3 rings (SSSR count). The zero-order chi connectivity index (χ0) is 18.1. The Balaban J connectivity index is 2.10. The van der Waals surface area contributed by atoms with E-state index in [9.17, 15) is 5.11 Å². The molecule has 0 aliphatic heterocycles. The van der Waals surface area contributed by atoms with Crippen LogP contribution < -0.4 is 0 Å². The first-order valence-electron chi connectivity index (χ1n) is 9.05. The van der Waals surface area contributed by atoms with Crippen molar-refractivity contribution in [2.45, 2.75) is 44.2 Å². The highest BCUT2D eigenvalue weighted by Gasteiger charge is 2.55. The molecule has 1 aliphatic rings. The molecule has 0 saturated heterocycles. The number of hydrogen-bond donors (Lipinski definition) is 1. The zero-order valence-electron chi connectivity index (χ0n) is 15.4. The third kappa shape index (κ3) is 3.36. The Kier molecular flexibility index (Phi) is 5.24. The van der Waals surface area contributed by atoms with Crippen LogP contribution in [0.25, 0.3) is 0 Å². The van der Waals surface area contributed by atoms with Gasteiger partial charge in [0, 0.05) is 16.5 Å². The van der Waals surface area contributed by atoms with E-state index in [-0.39, 0.29) is 11.5 Å². The molecular formula is C22H28ClNO. The van der Waals surface area contributed by atoms with E-state index in [0.29, 0.717) is 5.02 Å². The summed E-state index contributed by atoms with van der Waals surface area (Å²) in [5.41, 5.74) is 0.989. The van der Waals surface area contributed by atoms with Gasteiger partial charge in [-0.25, -0.2) is 0 Å². The SMILES string of the molecule is CN(C)C1CCCC(C)(Cc2ccccc2)C1(O)c1cccc(Cl)c1. The van der Waals surface area contributed by atoms with Gasteiger partial charge in [0.05, 0.1) is 0 Å². The van der Waals surface area contributed by atoms with Gasteiger partial charge >= 0.3 is 0 Å². The molecule has 2 aromatic rings. The Hall–Kier alpha value is -1.35. The average Bonchev–Trinajstić information content (AvgIpc) is 2.58. The van der Waals surface area contributed by atoms with Gasteiger partial charge in [-0.1, -0.05) is 67.4 Å². The van der Waals surface area contributed by atoms with Gasteiger partial charge in [0.15, 0.2) is 0 Å². The molecule has 25 heavy (non-hydrogen) atoms. The van der Waals surface area contributed by atoms with E-state index in [0.717, 1.165) is 31.2 Å². The summed E-state index contributed by atoms with van der Waals surface area (Å²) in [6, 6.07) is 18.3. The van der Waals surface area contributed by atoms with Gasteiger partial charge in [0.2, 0.25) is 0 Å². The van der Waals surface area contributed by atoms with Gasteiger partial charge in [-0.2, -0.15) is 0 Å². The fourth-order valence-electron chi connectivity index (χ4n) is 4.66. The van der Waals surface area contributed by atoms with Crippen LogP contribution in [0, 0.1) is 5.41 Å². The van der Waals surface area contributed by atoms with Crippen molar-refractivity contribution < 1.29 is 5.11 Å². The van der Waals surface area contributed by atoms with Crippen LogP contribution in [0.1, 0.15) is 37.3 Å². The van der Waals surface area contributed by atoms with E-state index in [1.807, 2.05) is 30.3 Å². The number of hydrogen-bond acceptors (Lipinski definition) is 2. The van der Waals surface area contributed by atoms with Crippen LogP contribution in [0.3, 0.4) is 0 Å². The molecular weight excluding hydrogens is 330 g/mol. The highest BCUT2D eigenvalue weighted by Crippen LogP contribution is 2.53. The average molecular weight is 358 g/mol. The Labute approximate surface area is 156 Å². The lowest BCUT2D eigenvalue weighted by Gasteiger charge is -2.55. The van der Waals surface area contributed by atoms with Crippen molar-refractivity contribution >= 4 is 11.6 Å². The third-order valence-corrected chi connectivity index (χ3v) is 6.17. The second kappa shape index (κ2) is 7.11. The van der Waals surface area contributed by atoms with Crippen molar-refractivity contribution in [1.29, 1.82) is 0 Å². The monoisotopic (exact) mass is 357 g/mol. The first-order valence-corrected chi connectivity index (χ1v) is 9.43. The number of benzene rings is 2. The van der Waals surface area contributed by atoms with Crippen molar-refractivity contribution in [2.75, 3.05) is 14.1 Å². The quantitative estimate of drug-likeness (QED) is 0.842. The highest BCUT2D eigenvalue weighted by atomic mass is 35.5. The van der Waals surface area contributed by atoms with Crippen molar-refractivity contribution in [3.05, 3.63) is 70.7 Å². The molecule has 2 aromatic carbocycles. The second-order valence-electron chi connectivity index (χ2n) is 7.87. The van der Waals surface area contributed by atoms with Crippen molar-refractivity contribution in [2.24, 2.45) is 5.41 Å². The molecule has 0 spiro atoms. The normalized spacial score (nSPS) is 29.8. The number of rotatable bonds is 4. The summed E-state index contributed by atoms with van der Waals surface area (Å²) in [4.78, 5) is 2.17. The lowest BCUT2D eigenvalue weighted by atomic mass is 9.57. The van der Waals surface area contributed by atoms with E-state index in [1.165, 1.54) is 5.56 Å². The molecule has 134 valence electrons. The van der Waals surface area contributed by atoms with E-state index >= 15 is 0 Å². The molecule has 3 atom stereocenters. The van der Waals surface area contributed by atoms with E-state index in [1.54, 1.807) is 0 Å². The first-order chi connectivity index (χ1) is 11.9. The number of likely N-dealkylation sites (N-methyl/N-ethyl adjacent to an activating group) is 1. The van der Waals surface area contributed by atoms with Crippen LogP contribution in [0.4, 0.5) is 0 Å². The van der Waals surface area contributed by atoms with Crippen LogP contribution >= 0.6 is 11.6 Å². The minimum absolute atomic E-state index is 0.0634. The summed E-state index contributed by atoms with van der Waals surface area (Å²) in [5.74, 6) is 0. The molecule has 3 unspecified atom stereocenters. The standard InChI is InChI=1S/C22H28ClNO/c1-21(16-17-9-5-4-6-10-17)14-8-13-20(24(2)3)22(21,25)18-11-7-12-19(23)15-18/h4-7,9-12,15,20,25H,8,13-14,16H2,1-3H3. The fourth-order valence-corrected chi connectivity index (χ4v) is 4.85. The highest BCUT2D eigenvalue weighted by molar-refractivity contribution is 6.30. The molecule has 1 fully saturated rings. The van der Waals surface area contributed by atoms with Crippen molar-refractivity contribution in [1.82, 2.24) is 4.90 Å². The summed E-state index contributed by atoms with van der Waals surface area (Å²) >= 11 is 6.28. The molecule has 0 heterocycles. The van der Waals surface area contributed by atoms with Gasteiger partial charge in [-0.05, 0) is 56.6 Å². The van der Waals surface area contributed by atoms with Crippen LogP contribution in [0.15, 0.2) is 54.6 Å². The summed E-state index contributed by atoms with van der Waals surface area (Å²) < 4.78 is 0. The maximum atomic E-state index is 12.2. The summed E-state index contributed by atoms with van der Waals surface area (Å²) in [5, 5.41) is 12.9. The maximum absolute atomic E-state index is 12.2. The molecule has 2 nitrogen and oxygen atoms in total. The first kappa shape index (κ1) is 18.4. The number of halogens is 1. The number of nitrogens with zero attached hydrogens (tertiary/aromatic N) is 1. The van der Waals surface area contributed by atoms with E-state index < -0.39 is 5.60 Å². The van der Waals surface area contributed by atoms with Crippen molar-refractivity contribution in [3.8, 4) is 0 Å². The molecule has 0 aromatic heterocycles. The Morgan fingerprint density at radius 3 is 2.48 bits per heavy atom. The molecule has 0 radical (unpaired) electrons. The van der Waals surface area contributed by atoms with Crippen LogP contribution in [-0.2, 0) is 12.0 Å². The van der Waals surface area contributed by atoms with Gasteiger partial charge in [-0.3, -0.25) is 0 Å². The molecule has 3 heteroatoms. The van der Waals surface area contributed by atoms with E-state index in [2.05, 4.69) is 50.2 Å². The lowest BCUT2D eigenvalue weighted by Crippen LogP contribution is -2.60. The maximum Gasteiger partial charge on any atom is 0.111 e. The Morgan fingerprint density at radius 1 is 1.12 bits per heavy atom. The molecule has 1 N–H and O–H groups in total. The predicted molar refractivity (Wildman–Crippen MR) is 105 cm³/mol. The van der Waals surface area contributed by atoms with E-state index in [4.69, 9.17) is 11.6 Å². The van der Waals surface area contributed by atoms with Gasteiger partial charge in [-0.15, -0.1) is 0 Å². The third-order valence-electron chi connectivity index (χ3n) is 5.93. The van der Waals surface area contributed by atoms with Crippen molar-refractivity contribution in [3.63, 3.8) is 0 Å². The van der Waals surface area contributed by atoms with Gasteiger partial charge < -0.3 is 10.0 Å². The number of aliphatic hydroxyl groups is 1. The van der Waals surface area contributed by atoms with Gasteiger partial charge in [0.1, 0.15) is 5.60 Å². The summed E-state index contributed by atoms with van der Waals surface area (Å²) in [6.07, 6.45) is 3.95. The topological polar surface area (TPSA) is 23.5 Å². The van der Waals surface area contributed by atoms with Crippen LogP contribution in [0.5, 0.6) is 0 Å². The smallest absolute Gasteiger partial charge is 0.111 e. The Morgan fingerprint density at radius 2 is 1.84 bits per heavy atom. The lowest BCUT2D eigenvalue weighted by molar-refractivity contribution is -0.158.